The van der Waals surface area contributed by atoms with E-state index in [0.717, 1.165) is 6.26 Å². The molecule has 0 aliphatic carbocycles. The van der Waals surface area contributed by atoms with E-state index in [1.165, 1.54) is 23.3 Å². The summed E-state index contributed by atoms with van der Waals surface area (Å²) in [5, 5.41) is 14.4. The van der Waals surface area contributed by atoms with Crippen LogP contribution in [0.3, 0.4) is 0 Å². The van der Waals surface area contributed by atoms with Crippen molar-refractivity contribution in [1.82, 2.24) is 15.1 Å². The zero-order chi connectivity index (χ0) is 15.5. The van der Waals surface area contributed by atoms with Crippen molar-refractivity contribution in [2.45, 2.75) is 17.9 Å². The Hall–Kier alpha value is -2.42. The molecule has 110 valence electrons. The molecule has 0 saturated heterocycles. The van der Waals surface area contributed by atoms with Gasteiger partial charge in [0.2, 0.25) is 0 Å². The molecule has 2 heterocycles. The summed E-state index contributed by atoms with van der Waals surface area (Å²) in [6.45, 7) is 0.205. The van der Waals surface area contributed by atoms with Gasteiger partial charge in [0.25, 0.3) is 0 Å². The highest BCUT2D eigenvalue weighted by atomic mass is 32.2. The number of carboxylic acids is 1. The van der Waals surface area contributed by atoms with Crippen LogP contribution in [-0.4, -0.2) is 35.7 Å². The molecule has 0 aromatic carbocycles. The number of nitrogens with zero attached hydrogens (tertiary/aromatic N) is 4. The van der Waals surface area contributed by atoms with Crippen LogP contribution in [0.1, 0.15) is 6.42 Å². The van der Waals surface area contributed by atoms with Gasteiger partial charge in [0.05, 0.1) is 0 Å². The molecule has 0 unspecified atom stereocenters. The Morgan fingerprint density at radius 1 is 1.29 bits per heavy atom. The van der Waals surface area contributed by atoms with Gasteiger partial charge in [-0.25, -0.2) is 18.4 Å². The standard InChI is InChI=1S/C12H12N4O4S/c1-21(19,20)10-7-13-12(14-8-10)9-2-4-16(15-6-9)5-3-11(17)18/h2,4,6-8H,3,5H2,1H3. The minimum absolute atomic E-state index is 0.0409. The van der Waals surface area contributed by atoms with E-state index in [9.17, 15) is 18.3 Å². The lowest BCUT2D eigenvalue weighted by molar-refractivity contribution is -0.753. The average Bonchev–Trinajstić information content (AvgIpc) is 2.45. The van der Waals surface area contributed by atoms with Crippen LogP contribution in [0, 0.1) is 0 Å². The van der Waals surface area contributed by atoms with E-state index >= 15 is 0 Å². The van der Waals surface area contributed by atoms with E-state index in [0.29, 0.717) is 11.4 Å². The number of sulfone groups is 1. The normalized spacial score (nSPS) is 11.3. The predicted molar refractivity (Wildman–Crippen MR) is 68.2 cm³/mol. The van der Waals surface area contributed by atoms with Crippen LogP contribution < -0.4 is 9.79 Å². The first-order valence-electron chi connectivity index (χ1n) is 5.94. The summed E-state index contributed by atoms with van der Waals surface area (Å²) in [7, 11) is -3.33. The van der Waals surface area contributed by atoms with Gasteiger partial charge in [-0.2, -0.15) is 0 Å². The number of aromatic nitrogens is 4. The van der Waals surface area contributed by atoms with Gasteiger partial charge in [-0.05, 0) is 5.10 Å². The lowest BCUT2D eigenvalue weighted by Gasteiger charge is -2.01. The lowest BCUT2D eigenvalue weighted by Crippen LogP contribution is -2.40. The Labute approximate surface area is 121 Å². The molecule has 2 aromatic heterocycles. The largest absolute Gasteiger partial charge is 0.550 e. The zero-order valence-corrected chi connectivity index (χ0v) is 11.9. The quantitative estimate of drug-likeness (QED) is 0.609. The molecule has 0 N–H and O–H groups in total. The first kappa shape index (κ1) is 15.0. The van der Waals surface area contributed by atoms with Crippen molar-refractivity contribution in [3.63, 3.8) is 0 Å². The number of aliphatic carboxylic acids is 1. The highest BCUT2D eigenvalue weighted by Gasteiger charge is 2.10. The van der Waals surface area contributed by atoms with Gasteiger partial charge in [-0.3, -0.25) is 0 Å². The van der Waals surface area contributed by atoms with Crippen molar-refractivity contribution < 1.29 is 23.0 Å². The molecule has 0 bridgehead atoms. The Bertz CT molecular complexity index is 742. The summed E-state index contributed by atoms with van der Waals surface area (Å²) in [6.07, 6.45) is 6.48. The zero-order valence-electron chi connectivity index (χ0n) is 11.1. The van der Waals surface area contributed by atoms with Crippen LogP contribution in [0.15, 0.2) is 35.7 Å². The smallest absolute Gasteiger partial charge is 0.197 e. The Morgan fingerprint density at radius 3 is 2.43 bits per heavy atom. The molecule has 0 amide bonds. The van der Waals surface area contributed by atoms with Gasteiger partial charge in [0.15, 0.2) is 28.4 Å². The SMILES string of the molecule is CS(=O)(=O)c1cnc(-c2cc[n+](CCC(=O)[O-])nc2)nc1. The number of hydrogen-bond donors (Lipinski definition) is 0. The van der Waals surface area contributed by atoms with Crippen LogP contribution >= 0.6 is 0 Å². The Morgan fingerprint density at radius 2 is 1.95 bits per heavy atom. The van der Waals surface area contributed by atoms with E-state index in [1.54, 1.807) is 12.3 Å². The average molecular weight is 308 g/mol. The first-order chi connectivity index (χ1) is 9.86. The molecule has 0 saturated carbocycles. The van der Waals surface area contributed by atoms with Gasteiger partial charge in [-0.1, -0.05) is 4.68 Å². The maximum absolute atomic E-state index is 11.3. The maximum Gasteiger partial charge on any atom is 0.197 e. The van der Waals surface area contributed by atoms with Crippen molar-refractivity contribution >= 4 is 15.8 Å². The molecule has 2 rings (SSSR count). The number of aryl methyl sites for hydroxylation is 1. The fourth-order valence-corrected chi connectivity index (χ4v) is 2.00. The number of hydrogen-bond acceptors (Lipinski definition) is 7. The van der Waals surface area contributed by atoms with E-state index in [-0.39, 0.29) is 17.9 Å². The monoisotopic (exact) mass is 308 g/mol. The molecule has 2 aromatic rings. The van der Waals surface area contributed by atoms with Crippen LogP contribution in [0.25, 0.3) is 11.4 Å². The van der Waals surface area contributed by atoms with Gasteiger partial charge in [-0.15, -0.1) is 0 Å². The second-order valence-corrected chi connectivity index (χ2v) is 6.33. The van der Waals surface area contributed by atoms with E-state index in [1.807, 2.05) is 0 Å². The summed E-state index contributed by atoms with van der Waals surface area (Å²) in [5.74, 6) is -0.810. The van der Waals surface area contributed by atoms with Crippen LogP contribution in [0.4, 0.5) is 0 Å². The van der Waals surface area contributed by atoms with Crippen LogP contribution in [0.2, 0.25) is 0 Å². The summed E-state index contributed by atoms with van der Waals surface area (Å²) >= 11 is 0. The van der Waals surface area contributed by atoms with Gasteiger partial charge >= 0.3 is 0 Å². The molecule has 0 aliphatic rings. The molecule has 0 atom stereocenters. The van der Waals surface area contributed by atoms with Crippen molar-refractivity contribution in [3.8, 4) is 11.4 Å². The minimum Gasteiger partial charge on any atom is -0.550 e. The predicted octanol–water partition coefficient (Wildman–Crippen LogP) is -1.63. The molecule has 0 aliphatic heterocycles. The maximum atomic E-state index is 11.3. The highest BCUT2D eigenvalue weighted by Crippen LogP contribution is 2.13. The third kappa shape index (κ3) is 4.02. The van der Waals surface area contributed by atoms with Crippen molar-refractivity contribution in [2.75, 3.05) is 6.26 Å². The van der Waals surface area contributed by atoms with Gasteiger partial charge in [0, 0.05) is 42.7 Å². The lowest BCUT2D eigenvalue weighted by atomic mass is 10.3. The van der Waals surface area contributed by atoms with Crippen LogP contribution in [0.5, 0.6) is 0 Å². The Kier molecular flexibility index (Phi) is 4.22. The van der Waals surface area contributed by atoms with Gasteiger partial charge < -0.3 is 9.90 Å². The summed E-state index contributed by atoms with van der Waals surface area (Å²) in [5.41, 5.74) is 0.597. The molecule has 21 heavy (non-hydrogen) atoms. The minimum atomic E-state index is -3.33. The fourth-order valence-electron chi connectivity index (χ4n) is 1.51. The molecule has 8 nitrogen and oxygen atoms in total. The first-order valence-corrected chi connectivity index (χ1v) is 7.83. The number of carbonyl (C=O) groups excluding carboxylic acids is 1. The second kappa shape index (κ2) is 5.92. The summed E-state index contributed by atoms with van der Waals surface area (Å²) in [6, 6.07) is 1.66. The molecule has 0 fully saturated rings. The van der Waals surface area contributed by atoms with E-state index < -0.39 is 15.8 Å². The van der Waals surface area contributed by atoms with Crippen LogP contribution in [-0.2, 0) is 21.2 Å². The van der Waals surface area contributed by atoms with Crippen molar-refractivity contribution in [1.29, 1.82) is 0 Å². The topological polar surface area (TPSA) is 117 Å². The molecule has 0 radical (unpaired) electrons. The van der Waals surface area contributed by atoms with Crippen molar-refractivity contribution in [2.24, 2.45) is 0 Å². The third-order valence-electron chi connectivity index (χ3n) is 2.63. The number of carbonyl (C=O) groups is 1. The van der Waals surface area contributed by atoms with Crippen molar-refractivity contribution in [3.05, 3.63) is 30.9 Å². The molecular formula is C12H12N4O4S. The highest BCUT2D eigenvalue weighted by molar-refractivity contribution is 7.90. The second-order valence-electron chi connectivity index (χ2n) is 4.32. The number of rotatable bonds is 5. The van der Waals surface area contributed by atoms with E-state index in [4.69, 9.17) is 0 Å². The number of carboxylic acid groups (broad SMARTS) is 1. The molecule has 0 spiro atoms. The Balaban J connectivity index is 2.17. The summed E-state index contributed by atoms with van der Waals surface area (Å²) < 4.78 is 24.1. The fraction of sp³-hybridized carbons (Fsp3) is 0.250. The van der Waals surface area contributed by atoms with Gasteiger partial charge in [0.1, 0.15) is 11.1 Å². The summed E-state index contributed by atoms with van der Waals surface area (Å²) in [4.78, 5) is 18.3. The molecular weight excluding hydrogens is 296 g/mol. The van der Waals surface area contributed by atoms with E-state index in [2.05, 4.69) is 15.1 Å². The molecule has 9 heteroatoms. The third-order valence-corrected chi connectivity index (χ3v) is 3.70.